The zero-order valence-corrected chi connectivity index (χ0v) is 8.54. The Hall–Kier alpha value is -0.210. The maximum atomic E-state index is 5.71. The second-order valence-electron chi connectivity index (χ2n) is 2.19. The number of rotatable bonds is 2. The highest BCUT2D eigenvalue weighted by molar-refractivity contribution is 9.10. The lowest BCUT2D eigenvalue weighted by atomic mass is 10.2. The Labute approximate surface area is 79.9 Å². The molecule has 1 aromatic rings. The van der Waals surface area contributed by atoms with Crippen molar-refractivity contribution in [1.29, 1.82) is 0 Å². The van der Waals surface area contributed by atoms with Crippen molar-refractivity contribution in [1.82, 2.24) is 0 Å². The van der Waals surface area contributed by atoms with Crippen LogP contribution < -0.4 is 5.32 Å². The third-order valence-electron chi connectivity index (χ3n) is 1.49. The number of hydrogen-bond donors (Lipinski definition) is 1. The van der Waals surface area contributed by atoms with Crippen LogP contribution in [0.1, 0.15) is 5.56 Å². The summed E-state index contributed by atoms with van der Waals surface area (Å²) in [7, 11) is 1.89. The van der Waals surface area contributed by atoms with E-state index in [4.69, 9.17) is 11.6 Å². The van der Waals surface area contributed by atoms with Gasteiger partial charge in [0.25, 0.3) is 0 Å². The predicted molar refractivity (Wildman–Crippen MR) is 53.2 cm³/mol. The van der Waals surface area contributed by atoms with Crippen LogP contribution in [0.15, 0.2) is 22.7 Å². The molecule has 0 aliphatic carbocycles. The van der Waals surface area contributed by atoms with Crippen molar-refractivity contribution in [3.05, 3.63) is 28.2 Å². The molecule has 0 saturated heterocycles. The summed E-state index contributed by atoms with van der Waals surface area (Å²) in [4.78, 5) is 0. The van der Waals surface area contributed by atoms with E-state index in [-0.39, 0.29) is 0 Å². The first-order chi connectivity index (χ1) is 5.27. The molecule has 0 fully saturated rings. The van der Waals surface area contributed by atoms with Gasteiger partial charge in [0.15, 0.2) is 0 Å². The number of alkyl halides is 1. The summed E-state index contributed by atoms with van der Waals surface area (Å²) in [5, 5.41) is 3.07. The van der Waals surface area contributed by atoms with Crippen LogP contribution in [0.3, 0.4) is 0 Å². The topological polar surface area (TPSA) is 12.0 Å². The van der Waals surface area contributed by atoms with Gasteiger partial charge < -0.3 is 5.32 Å². The molecule has 60 valence electrons. The van der Waals surface area contributed by atoms with E-state index in [9.17, 15) is 0 Å². The van der Waals surface area contributed by atoms with Crippen molar-refractivity contribution in [2.45, 2.75) is 5.88 Å². The highest BCUT2D eigenvalue weighted by Gasteiger charge is 1.98. The molecule has 0 radical (unpaired) electrons. The van der Waals surface area contributed by atoms with E-state index >= 15 is 0 Å². The molecule has 1 aromatic carbocycles. The lowest BCUT2D eigenvalue weighted by Crippen LogP contribution is -1.92. The van der Waals surface area contributed by atoms with Crippen LogP contribution in [-0.2, 0) is 5.88 Å². The number of benzene rings is 1. The lowest BCUT2D eigenvalue weighted by Gasteiger charge is -2.05. The minimum absolute atomic E-state index is 0.545. The van der Waals surface area contributed by atoms with E-state index in [0.29, 0.717) is 5.88 Å². The first-order valence-corrected chi connectivity index (χ1v) is 4.63. The number of hydrogen-bond acceptors (Lipinski definition) is 1. The fraction of sp³-hybridized carbons (Fsp3) is 0.250. The van der Waals surface area contributed by atoms with Crippen molar-refractivity contribution < 1.29 is 0 Å². The van der Waals surface area contributed by atoms with E-state index in [2.05, 4.69) is 21.2 Å². The SMILES string of the molecule is CNc1cc(Br)ccc1CCl. The molecule has 11 heavy (non-hydrogen) atoms. The average molecular weight is 235 g/mol. The van der Waals surface area contributed by atoms with Gasteiger partial charge in [-0.3, -0.25) is 0 Å². The number of nitrogens with one attached hydrogen (secondary N) is 1. The zero-order valence-electron chi connectivity index (χ0n) is 6.20. The molecule has 0 spiro atoms. The van der Waals surface area contributed by atoms with Crippen molar-refractivity contribution in [3.8, 4) is 0 Å². The highest BCUT2D eigenvalue weighted by atomic mass is 79.9. The van der Waals surface area contributed by atoms with Gasteiger partial charge in [-0.15, -0.1) is 11.6 Å². The minimum Gasteiger partial charge on any atom is -0.388 e. The molecule has 1 rings (SSSR count). The van der Waals surface area contributed by atoms with Crippen LogP contribution in [0.2, 0.25) is 0 Å². The summed E-state index contributed by atoms with van der Waals surface area (Å²) in [6, 6.07) is 6.00. The monoisotopic (exact) mass is 233 g/mol. The molecule has 0 aliphatic heterocycles. The molecular weight excluding hydrogens is 225 g/mol. The van der Waals surface area contributed by atoms with Gasteiger partial charge in [0.2, 0.25) is 0 Å². The first-order valence-electron chi connectivity index (χ1n) is 3.30. The second-order valence-corrected chi connectivity index (χ2v) is 3.37. The molecule has 1 nitrogen and oxygen atoms in total. The van der Waals surface area contributed by atoms with Crippen LogP contribution in [0.25, 0.3) is 0 Å². The summed E-state index contributed by atoms with van der Waals surface area (Å²) in [5.41, 5.74) is 2.20. The van der Waals surface area contributed by atoms with E-state index in [1.165, 1.54) is 0 Å². The third-order valence-corrected chi connectivity index (χ3v) is 2.27. The molecule has 0 amide bonds. The molecule has 0 bridgehead atoms. The molecule has 3 heteroatoms. The van der Waals surface area contributed by atoms with E-state index in [1.54, 1.807) is 0 Å². The quantitative estimate of drug-likeness (QED) is 0.775. The van der Waals surface area contributed by atoms with E-state index in [1.807, 2.05) is 25.2 Å². The number of anilines is 1. The Balaban J connectivity index is 3.06. The lowest BCUT2D eigenvalue weighted by molar-refractivity contribution is 1.35. The fourth-order valence-electron chi connectivity index (χ4n) is 0.898. The Morgan fingerprint density at radius 3 is 2.82 bits per heavy atom. The van der Waals surface area contributed by atoms with Crippen LogP contribution in [-0.4, -0.2) is 7.05 Å². The van der Waals surface area contributed by atoms with Crippen molar-refractivity contribution in [2.75, 3.05) is 12.4 Å². The van der Waals surface area contributed by atoms with E-state index in [0.717, 1.165) is 15.7 Å². The van der Waals surface area contributed by atoms with Gasteiger partial charge in [0.05, 0.1) is 0 Å². The van der Waals surface area contributed by atoms with Gasteiger partial charge in [-0.25, -0.2) is 0 Å². The normalized spacial score (nSPS) is 9.73. The Kier molecular flexibility index (Phi) is 3.21. The van der Waals surface area contributed by atoms with Crippen molar-refractivity contribution in [2.24, 2.45) is 0 Å². The van der Waals surface area contributed by atoms with Gasteiger partial charge in [-0.05, 0) is 17.7 Å². The Bertz CT molecular complexity index is 250. The molecule has 0 aliphatic rings. The fourth-order valence-corrected chi connectivity index (χ4v) is 1.49. The van der Waals surface area contributed by atoms with Gasteiger partial charge in [0, 0.05) is 23.1 Å². The molecule has 0 aromatic heterocycles. The first kappa shape index (κ1) is 8.88. The van der Waals surface area contributed by atoms with Crippen LogP contribution in [0.4, 0.5) is 5.69 Å². The summed E-state index contributed by atoms with van der Waals surface area (Å²) in [6.45, 7) is 0. The van der Waals surface area contributed by atoms with Crippen LogP contribution >= 0.6 is 27.5 Å². The van der Waals surface area contributed by atoms with Gasteiger partial charge in [-0.1, -0.05) is 22.0 Å². The maximum Gasteiger partial charge on any atom is 0.0494 e. The second kappa shape index (κ2) is 3.98. The molecule has 0 heterocycles. The Morgan fingerprint density at radius 2 is 2.27 bits per heavy atom. The van der Waals surface area contributed by atoms with Gasteiger partial charge in [0.1, 0.15) is 0 Å². The summed E-state index contributed by atoms with van der Waals surface area (Å²) < 4.78 is 1.07. The van der Waals surface area contributed by atoms with Crippen molar-refractivity contribution in [3.63, 3.8) is 0 Å². The van der Waals surface area contributed by atoms with Crippen LogP contribution in [0, 0.1) is 0 Å². The smallest absolute Gasteiger partial charge is 0.0494 e. The van der Waals surface area contributed by atoms with Gasteiger partial charge >= 0.3 is 0 Å². The molecule has 0 saturated carbocycles. The minimum atomic E-state index is 0.545. The molecule has 1 N–H and O–H groups in total. The standard InChI is InChI=1S/C8H9BrClN/c1-11-8-4-7(9)3-2-6(8)5-10/h2-4,11H,5H2,1H3. The Morgan fingerprint density at radius 1 is 1.55 bits per heavy atom. The average Bonchev–Trinajstić information content (AvgIpc) is 2.04. The molecule has 0 atom stereocenters. The predicted octanol–water partition coefficient (Wildman–Crippen LogP) is 3.23. The molecule has 0 unspecified atom stereocenters. The highest BCUT2D eigenvalue weighted by Crippen LogP contribution is 2.22. The summed E-state index contributed by atoms with van der Waals surface area (Å²) in [5.74, 6) is 0.545. The zero-order chi connectivity index (χ0) is 8.27. The van der Waals surface area contributed by atoms with Crippen LogP contribution in [0.5, 0.6) is 0 Å². The molecular formula is C8H9BrClN. The van der Waals surface area contributed by atoms with E-state index < -0.39 is 0 Å². The summed E-state index contributed by atoms with van der Waals surface area (Å²) in [6.07, 6.45) is 0. The maximum absolute atomic E-state index is 5.71. The van der Waals surface area contributed by atoms with Gasteiger partial charge in [-0.2, -0.15) is 0 Å². The number of halogens is 2. The largest absolute Gasteiger partial charge is 0.388 e. The summed E-state index contributed by atoms with van der Waals surface area (Å²) >= 11 is 9.09. The van der Waals surface area contributed by atoms with Crippen molar-refractivity contribution >= 4 is 33.2 Å². The third kappa shape index (κ3) is 2.11.